The summed E-state index contributed by atoms with van der Waals surface area (Å²) in [4.78, 5) is 54.2. The number of aryl methyl sites for hydroxylation is 2. The predicted molar refractivity (Wildman–Crippen MR) is 170 cm³/mol. The van der Waals surface area contributed by atoms with Crippen LogP contribution < -0.4 is 15.0 Å². The Labute approximate surface area is 281 Å². The smallest absolute Gasteiger partial charge is 0.462 e. The van der Waals surface area contributed by atoms with Gasteiger partial charge in [-0.2, -0.15) is 0 Å². The minimum Gasteiger partial charge on any atom is -0.462 e. The Kier molecular flexibility index (Phi) is 11.4. The zero-order chi connectivity index (χ0) is 36.1. The van der Waals surface area contributed by atoms with Crippen LogP contribution >= 0.6 is 0 Å². The van der Waals surface area contributed by atoms with Gasteiger partial charge in [-0.15, -0.1) is 13.2 Å². The molecule has 0 aromatic heterocycles. The van der Waals surface area contributed by atoms with Gasteiger partial charge in [0.1, 0.15) is 23.7 Å². The summed E-state index contributed by atoms with van der Waals surface area (Å²) < 4.78 is 79.5. The number of halogens is 3. The molecule has 0 aliphatic carbocycles. The standard InChI is InChI=1S/C32H37F3N4O9S/c1-20-17-26(39(21(2)40)18-28(47-23(4)42)19-46-22(3)41)8-5-24(20)11-16-49(44,45)38-14-12-31(13-15-38)30(43)36-29(37-31)25-6-9-27(10-7-25)48-32(33,34)35/h5-10,17,28H,11-16,18-19H2,1-4H3,(H,36,37,43). The zero-order valence-corrected chi connectivity index (χ0v) is 28.2. The number of carbonyl (C=O) groups excluding carboxylic acids is 4. The van der Waals surface area contributed by atoms with Crippen LogP contribution in [0, 0.1) is 6.92 Å². The van der Waals surface area contributed by atoms with Crippen LogP contribution in [0.1, 0.15) is 50.3 Å². The Balaban J connectivity index is 1.37. The van der Waals surface area contributed by atoms with E-state index in [-0.39, 0.29) is 63.0 Å². The summed E-state index contributed by atoms with van der Waals surface area (Å²) in [6, 6.07) is 10.0. The molecular formula is C32H37F3N4O9S. The molecule has 1 fully saturated rings. The Bertz CT molecular complexity index is 1720. The van der Waals surface area contributed by atoms with Crippen LogP contribution in [0.2, 0.25) is 0 Å². The number of benzene rings is 2. The van der Waals surface area contributed by atoms with Crippen molar-refractivity contribution in [2.24, 2.45) is 4.99 Å². The van der Waals surface area contributed by atoms with E-state index in [2.05, 4.69) is 15.0 Å². The lowest BCUT2D eigenvalue weighted by Crippen LogP contribution is -2.50. The molecule has 266 valence electrons. The van der Waals surface area contributed by atoms with E-state index in [1.54, 1.807) is 25.1 Å². The number of aliphatic imine (C=N–C) groups is 1. The van der Waals surface area contributed by atoms with E-state index in [1.165, 1.54) is 42.1 Å². The number of alkyl halides is 3. The number of nitrogens with one attached hydrogen (secondary N) is 1. The van der Waals surface area contributed by atoms with Crippen LogP contribution in [0.4, 0.5) is 18.9 Å². The van der Waals surface area contributed by atoms with Crippen LogP contribution in [0.25, 0.3) is 0 Å². The highest BCUT2D eigenvalue weighted by molar-refractivity contribution is 7.89. The van der Waals surface area contributed by atoms with Gasteiger partial charge in [0.15, 0.2) is 6.10 Å². The number of esters is 2. The number of hydrogen-bond donors (Lipinski definition) is 1. The molecule has 13 nitrogen and oxygen atoms in total. The number of sulfonamides is 1. The first-order valence-electron chi connectivity index (χ1n) is 15.3. The van der Waals surface area contributed by atoms with Crippen molar-refractivity contribution in [3.05, 3.63) is 59.2 Å². The second-order valence-corrected chi connectivity index (χ2v) is 13.8. The first-order valence-corrected chi connectivity index (χ1v) is 16.9. The molecule has 1 N–H and O–H groups in total. The largest absolute Gasteiger partial charge is 0.573 e. The molecule has 1 unspecified atom stereocenters. The molecule has 1 saturated heterocycles. The molecular weight excluding hydrogens is 673 g/mol. The molecule has 0 bridgehead atoms. The van der Waals surface area contributed by atoms with Gasteiger partial charge in [0.2, 0.25) is 15.9 Å². The summed E-state index contributed by atoms with van der Waals surface area (Å²) >= 11 is 0. The van der Waals surface area contributed by atoms with Crippen molar-refractivity contribution in [3.63, 3.8) is 0 Å². The van der Waals surface area contributed by atoms with Gasteiger partial charge in [-0.3, -0.25) is 24.2 Å². The van der Waals surface area contributed by atoms with E-state index in [9.17, 15) is 40.8 Å². The van der Waals surface area contributed by atoms with Crippen LogP contribution in [0.5, 0.6) is 5.75 Å². The van der Waals surface area contributed by atoms with Crippen molar-refractivity contribution < 1.29 is 55.0 Å². The van der Waals surface area contributed by atoms with E-state index in [1.807, 2.05) is 0 Å². The van der Waals surface area contributed by atoms with Gasteiger partial charge in [0, 0.05) is 45.1 Å². The second-order valence-electron chi connectivity index (χ2n) is 11.8. The van der Waals surface area contributed by atoms with Gasteiger partial charge in [-0.25, -0.2) is 12.7 Å². The van der Waals surface area contributed by atoms with Crippen LogP contribution in [-0.4, -0.2) is 92.3 Å². The molecule has 1 atom stereocenters. The Morgan fingerprint density at radius 1 is 1.04 bits per heavy atom. The Morgan fingerprint density at radius 3 is 2.24 bits per heavy atom. The average Bonchev–Trinajstić information content (AvgIpc) is 3.31. The fourth-order valence-electron chi connectivity index (χ4n) is 5.63. The molecule has 2 aromatic carbocycles. The van der Waals surface area contributed by atoms with E-state index in [0.717, 1.165) is 23.3 Å². The Morgan fingerprint density at radius 2 is 1.69 bits per heavy atom. The number of hydrogen-bond acceptors (Lipinski definition) is 10. The molecule has 2 aliphatic rings. The predicted octanol–water partition coefficient (Wildman–Crippen LogP) is 3.02. The minimum atomic E-state index is -4.84. The average molecular weight is 711 g/mol. The fourth-order valence-corrected chi connectivity index (χ4v) is 7.10. The third-order valence-electron chi connectivity index (χ3n) is 8.12. The molecule has 0 saturated carbocycles. The third-order valence-corrected chi connectivity index (χ3v) is 10.00. The lowest BCUT2D eigenvalue weighted by atomic mass is 9.89. The Hall–Kier alpha value is -4.51. The van der Waals surface area contributed by atoms with E-state index in [4.69, 9.17) is 9.47 Å². The molecule has 4 rings (SSSR count). The van der Waals surface area contributed by atoms with Gasteiger partial charge in [-0.1, -0.05) is 6.07 Å². The normalized spacial score (nSPS) is 16.8. The van der Waals surface area contributed by atoms with Gasteiger partial charge in [0.05, 0.1) is 12.3 Å². The van der Waals surface area contributed by atoms with Crippen molar-refractivity contribution in [2.75, 3.05) is 36.9 Å². The molecule has 2 aromatic rings. The van der Waals surface area contributed by atoms with Crippen LogP contribution in [0.15, 0.2) is 47.5 Å². The zero-order valence-electron chi connectivity index (χ0n) is 27.3. The molecule has 0 radical (unpaired) electrons. The lowest BCUT2D eigenvalue weighted by Gasteiger charge is -2.34. The summed E-state index contributed by atoms with van der Waals surface area (Å²) in [6.45, 7) is 5.33. The summed E-state index contributed by atoms with van der Waals surface area (Å²) in [5.74, 6) is -2.36. The number of amidine groups is 1. The SMILES string of the molecule is CC(=O)OCC(CN(C(C)=O)c1ccc(CCS(=O)(=O)N2CCC3(CC2)N=C(c2ccc(OC(F)(F)F)cc2)NC3=O)c(C)c1)OC(C)=O. The van der Waals surface area contributed by atoms with E-state index in [0.29, 0.717) is 11.3 Å². The maximum Gasteiger partial charge on any atom is 0.573 e. The third kappa shape index (κ3) is 9.78. The van der Waals surface area contributed by atoms with Crippen molar-refractivity contribution in [2.45, 2.75) is 65.0 Å². The maximum atomic E-state index is 13.3. The number of anilines is 1. The topological polar surface area (TPSA) is 161 Å². The van der Waals surface area contributed by atoms with Gasteiger partial charge in [-0.05, 0) is 73.7 Å². The second kappa shape index (κ2) is 14.9. The highest BCUT2D eigenvalue weighted by atomic mass is 32.2. The summed E-state index contributed by atoms with van der Waals surface area (Å²) in [6.07, 6.45) is -5.32. The molecule has 1 spiro atoms. The molecule has 49 heavy (non-hydrogen) atoms. The van der Waals surface area contributed by atoms with Gasteiger partial charge >= 0.3 is 18.3 Å². The van der Waals surface area contributed by atoms with Crippen LogP contribution in [0.3, 0.4) is 0 Å². The van der Waals surface area contributed by atoms with Gasteiger partial charge in [0.25, 0.3) is 5.91 Å². The first-order chi connectivity index (χ1) is 22.9. The number of nitrogens with zero attached hydrogens (tertiary/aromatic N) is 3. The number of amides is 2. The van der Waals surface area contributed by atoms with Gasteiger partial charge < -0.3 is 24.4 Å². The number of ether oxygens (including phenoxy) is 3. The van der Waals surface area contributed by atoms with E-state index >= 15 is 0 Å². The minimum absolute atomic E-state index is 0.0488. The number of rotatable bonds is 12. The monoisotopic (exact) mass is 710 g/mol. The highest BCUT2D eigenvalue weighted by Gasteiger charge is 2.47. The van der Waals surface area contributed by atoms with Crippen molar-refractivity contribution in [1.29, 1.82) is 0 Å². The molecule has 2 heterocycles. The quantitative estimate of drug-likeness (QED) is 0.327. The van der Waals surface area contributed by atoms with E-state index < -0.39 is 51.6 Å². The van der Waals surface area contributed by atoms with Crippen molar-refractivity contribution in [3.8, 4) is 5.75 Å². The number of carbonyl (C=O) groups is 4. The molecule has 2 amide bonds. The summed E-state index contributed by atoms with van der Waals surface area (Å²) in [5, 5.41) is 2.67. The highest BCUT2D eigenvalue weighted by Crippen LogP contribution is 2.33. The molecule has 17 heteroatoms. The molecule has 2 aliphatic heterocycles. The van der Waals surface area contributed by atoms with Crippen molar-refractivity contribution >= 4 is 45.3 Å². The number of piperidine rings is 1. The van der Waals surface area contributed by atoms with Crippen molar-refractivity contribution in [1.82, 2.24) is 9.62 Å². The maximum absolute atomic E-state index is 13.3. The first kappa shape index (κ1) is 37.3. The lowest BCUT2D eigenvalue weighted by molar-refractivity contribution is -0.274. The summed E-state index contributed by atoms with van der Waals surface area (Å²) in [5.41, 5.74) is 1.14. The fraction of sp³-hybridized carbons (Fsp3) is 0.469. The summed E-state index contributed by atoms with van der Waals surface area (Å²) in [7, 11) is -3.74. The van der Waals surface area contributed by atoms with Crippen LogP contribution in [-0.2, 0) is 45.1 Å².